The lowest BCUT2D eigenvalue weighted by molar-refractivity contribution is -0.0574. The minimum absolute atomic E-state index is 0.246. The maximum Gasteiger partial charge on any atom is 0.0958 e. The van der Waals surface area contributed by atoms with Crippen molar-refractivity contribution in [2.75, 3.05) is 0 Å². The molecule has 0 aromatic heterocycles. The quantitative estimate of drug-likeness (QED) is 0.693. The molecule has 0 fully saturated rings. The lowest BCUT2D eigenvalue weighted by Gasteiger charge is -2.43. The number of rotatable bonds is 7. The van der Waals surface area contributed by atoms with Gasteiger partial charge in [-0.1, -0.05) is 63.1 Å². The van der Waals surface area contributed by atoms with Gasteiger partial charge in [-0.15, -0.1) is 6.58 Å². The van der Waals surface area contributed by atoms with E-state index in [1.807, 2.05) is 43.3 Å². The van der Waals surface area contributed by atoms with Gasteiger partial charge in [0.15, 0.2) is 0 Å². The molecule has 0 aliphatic rings. The molecule has 0 aliphatic heterocycles. The van der Waals surface area contributed by atoms with Crippen molar-refractivity contribution in [2.24, 2.45) is 5.41 Å². The molecule has 0 unspecified atom stereocenters. The van der Waals surface area contributed by atoms with Crippen LogP contribution in [0.1, 0.15) is 52.0 Å². The van der Waals surface area contributed by atoms with Crippen LogP contribution in [0.2, 0.25) is 0 Å². The summed E-state index contributed by atoms with van der Waals surface area (Å²) in [7, 11) is 0. The van der Waals surface area contributed by atoms with Crippen LogP contribution in [0.3, 0.4) is 0 Å². The van der Waals surface area contributed by atoms with Gasteiger partial charge in [-0.05, 0) is 25.3 Å². The molecule has 0 spiro atoms. The largest absolute Gasteiger partial charge is 0.385 e. The molecule has 18 heavy (non-hydrogen) atoms. The maximum atomic E-state index is 11.1. The van der Waals surface area contributed by atoms with Crippen LogP contribution in [-0.4, -0.2) is 5.11 Å². The summed E-state index contributed by atoms with van der Waals surface area (Å²) < 4.78 is 0. The first-order valence-corrected chi connectivity index (χ1v) is 6.95. The Bertz CT molecular complexity index is 366. The van der Waals surface area contributed by atoms with Crippen LogP contribution in [0.15, 0.2) is 43.0 Å². The SMILES string of the molecule is C=C[C@@](CC)(CCCC)[C@@](C)(O)c1ccccc1. The van der Waals surface area contributed by atoms with Crippen molar-refractivity contribution in [1.29, 1.82) is 0 Å². The van der Waals surface area contributed by atoms with Crippen LogP contribution in [-0.2, 0) is 5.60 Å². The van der Waals surface area contributed by atoms with Crippen LogP contribution in [0.5, 0.6) is 0 Å². The Kier molecular flexibility index (Phi) is 5.15. The topological polar surface area (TPSA) is 20.2 Å². The molecule has 2 atom stereocenters. The molecule has 1 aromatic rings. The minimum Gasteiger partial charge on any atom is -0.385 e. The van der Waals surface area contributed by atoms with Crippen molar-refractivity contribution in [1.82, 2.24) is 0 Å². The second kappa shape index (κ2) is 6.19. The van der Waals surface area contributed by atoms with Gasteiger partial charge in [-0.25, -0.2) is 0 Å². The molecular formula is C17H26O. The van der Waals surface area contributed by atoms with Gasteiger partial charge in [0.05, 0.1) is 5.60 Å². The van der Waals surface area contributed by atoms with E-state index < -0.39 is 5.60 Å². The molecule has 100 valence electrons. The van der Waals surface area contributed by atoms with E-state index in [1.54, 1.807) is 0 Å². The van der Waals surface area contributed by atoms with Gasteiger partial charge in [0.2, 0.25) is 0 Å². The average molecular weight is 246 g/mol. The van der Waals surface area contributed by atoms with Gasteiger partial charge in [0, 0.05) is 5.41 Å². The zero-order chi connectivity index (χ0) is 13.6. The van der Waals surface area contributed by atoms with Crippen molar-refractivity contribution in [2.45, 2.75) is 52.1 Å². The zero-order valence-corrected chi connectivity index (χ0v) is 11.9. The fourth-order valence-corrected chi connectivity index (χ4v) is 2.75. The minimum atomic E-state index is -0.861. The van der Waals surface area contributed by atoms with Crippen molar-refractivity contribution < 1.29 is 5.11 Å². The Labute approximate surface area is 112 Å². The molecule has 1 aromatic carbocycles. The highest BCUT2D eigenvalue weighted by atomic mass is 16.3. The second-order valence-corrected chi connectivity index (χ2v) is 5.26. The van der Waals surface area contributed by atoms with E-state index in [9.17, 15) is 5.11 Å². The molecular weight excluding hydrogens is 220 g/mol. The molecule has 1 N–H and O–H groups in total. The Morgan fingerprint density at radius 2 is 1.83 bits per heavy atom. The summed E-state index contributed by atoms with van der Waals surface area (Å²) in [5.74, 6) is 0. The Morgan fingerprint density at radius 1 is 1.22 bits per heavy atom. The molecule has 0 aliphatic carbocycles. The molecule has 0 saturated carbocycles. The molecule has 0 bridgehead atoms. The lowest BCUT2D eigenvalue weighted by Crippen LogP contribution is -2.41. The van der Waals surface area contributed by atoms with E-state index in [0.29, 0.717) is 0 Å². The molecule has 1 nitrogen and oxygen atoms in total. The Morgan fingerprint density at radius 3 is 2.28 bits per heavy atom. The summed E-state index contributed by atoms with van der Waals surface area (Å²) >= 11 is 0. The number of benzene rings is 1. The molecule has 1 rings (SSSR count). The highest BCUT2D eigenvalue weighted by Gasteiger charge is 2.43. The summed E-state index contributed by atoms with van der Waals surface area (Å²) in [6.07, 6.45) is 6.09. The van der Waals surface area contributed by atoms with Gasteiger partial charge in [0.1, 0.15) is 0 Å². The predicted molar refractivity (Wildman–Crippen MR) is 78.5 cm³/mol. The van der Waals surface area contributed by atoms with Crippen molar-refractivity contribution >= 4 is 0 Å². The standard InChI is InChI=1S/C17H26O/c1-5-8-14-17(6-2,7-3)16(4,18)15-12-10-9-11-13-15/h6,9-13,18H,2,5,7-8,14H2,1,3-4H3/t16-,17+/m0/s1. The number of aliphatic hydroxyl groups is 1. The van der Waals surface area contributed by atoms with Crippen LogP contribution >= 0.6 is 0 Å². The first kappa shape index (κ1) is 15.0. The third kappa shape index (κ3) is 2.67. The van der Waals surface area contributed by atoms with Crippen LogP contribution in [0, 0.1) is 5.41 Å². The average Bonchev–Trinajstić information content (AvgIpc) is 2.41. The van der Waals surface area contributed by atoms with Crippen molar-refractivity contribution in [3.8, 4) is 0 Å². The maximum absolute atomic E-state index is 11.1. The predicted octanol–water partition coefficient (Wildman–Crippen LogP) is 4.67. The summed E-state index contributed by atoms with van der Waals surface area (Å²) in [5.41, 5.74) is -0.132. The number of hydrogen-bond donors (Lipinski definition) is 1. The van der Waals surface area contributed by atoms with E-state index in [4.69, 9.17) is 0 Å². The van der Waals surface area contributed by atoms with E-state index >= 15 is 0 Å². The second-order valence-electron chi connectivity index (χ2n) is 5.26. The van der Waals surface area contributed by atoms with Crippen LogP contribution < -0.4 is 0 Å². The normalized spacial score (nSPS) is 17.8. The zero-order valence-electron chi connectivity index (χ0n) is 11.9. The fraction of sp³-hybridized carbons (Fsp3) is 0.529. The monoisotopic (exact) mass is 246 g/mol. The first-order valence-electron chi connectivity index (χ1n) is 6.95. The van der Waals surface area contributed by atoms with E-state index in [-0.39, 0.29) is 5.41 Å². The third-order valence-electron chi connectivity index (χ3n) is 4.30. The first-order chi connectivity index (χ1) is 8.54. The molecule has 0 heterocycles. The van der Waals surface area contributed by atoms with Gasteiger partial charge >= 0.3 is 0 Å². The smallest absolute Gasteiger partial charge is 0.0958 e. The summed E-state index contributed by atoms with van der Waals surface area (Å²) in [4.78, 5) is 0. The molecule has 0 radical (unpaired) electrons. The number of hydrogen-bond acceptors (Lipinski definition) is 1. The molecule has 0 amide bonds. The fourth-order valence-electron chi connectivity index (χ4n) is 2.75. The third-order valence-corrected chi connectivity index (χ3v) is 4.30. The van der Waals surface area contributed by atoms with E-state index in [0.717, 1.165) is 31.2 Å². The van der Waals surface area contributed by atoms with Gasteiger partial charge in [-0.2, -0.15) is 0 Å². The van der Waals surface area contributed by atoms with Gasteiger partial charge in [-0.3, -0.25) is 0 Å². The summed E-state index contributed by atoms with van der Waals surface area (Å²) in [5, 5.41) is 11.1. The highest BCUT2D eigenvalue weighted by molar-refractivity contribution is 5.26. The van der Waals surface area contributed by atoms with Crippen LogP contribution in [0.25, 0.3) is 0 Å². The van der Waals surface area contributed by atoms with Gasteiger partial charge in [0.25, 0.3) is 0 Å². The highest BCUT2D eigenvalue weighted by Crippen LogP contribution is 2.47. The Balaban J connectivity index is 3.14. The van der Waals surface area contributed by atoms with E-state index in [1.165, 1.54) is 0 Å². The summed E-state index contributed by atoms with van der Waals surface area (Å²) in [6, 6.07) is 9.94. The lowest BCUT2D eigenvalue weighted by atomic mass is 9.65. The van der Waals surface area contributed by atoms with E-state index in [2.05, 4.69) is 20.4 Å². The van der Waals surface area contributed by atoms with Crippen LogP contribution in [0.4, 0.5) is 0 Å². The summed E-state index contributed by atoms with van der Waals surface area (Å²) in [6.45, 7) is 10.2. The molecule has 0 saturated heterocycles. The Hall–Kier alpha value is -1.08. The van der Waals surface area contributed by atoms with Crippen molar-refractivity contribution in [3.63, 3.8) is 0 Å². The van der Waals surface area contributed by atoms with Crippen molar-refractivity contribution in [3.05, 3.63) is 48.6 Å². The molecule has 1 heteroatoms. The van der Waals surface area contributed by atoms with Gasteiger partial charge < -0.3 is 5.11 Å². The number of unbranched alkanes of at least 4 members (excludes halogenated alkanes) is 1.